The van der Waals surface area contributed by atoms with E-state index in [0.717, 1.165) is 0 Å². The third-order valence-electron chi connectivity index (χ3n) is 2.79. The van der Waals surface area contributed by atoms with Crippen molar-refractivity contribution >= 4 is 5.69 Å². The van der Waals surface area contributed by atoms with Crippen LogP contribution in [0.3, 0.4) is 0 Å². The molecule has 1 fully saturated rings. The van der Waals surface area contributed by atoms with Crippen molar-refractivity contribution in [3.05, 3.63) is 54.6 Å². The molecule has 0 atom stereocenters. The average molecular weight is 215 g/mol. The highest BCUT2D eigenvalue weighted by molar-refractivity contribution is 5.66. The smallest absolute Gasteiger partial charge is 0.0367 e. The fourth-order valence-corrected chi connectivity index (χ4v) is 1.80. The van der Waals surface area contributed by atoms with Crippen molar-refractivity contribution in [3.63, 3.8) is 0 Å². The summed E-state index contributed by atoms with van der Waals surface area (Å²) in [6.07, 6.45) is 0. The van der Waals surface area contributed by atoms with E-state index in [-0.39, 0.29) is 4.70 Å². The lowest BCUT2D eigenvalue weighted by Crippen LogP contribution is -1.89. The molecule has 3 rings (SSSR count). The first-order valence-corrected chi connectivity index (χ1v) is 5.34. The first-order chi connectivity index (χ1) is 7.43. The zero-order chi connectivity index (χ0) is 10.1. The zero-order valence-electron chi connectivity index (χ0n) is 8.97. The highest BCUT2D eigenvalue weighted by Gasteiger charge is 2.16. The summed E-state index contributed by atoms with van der Waals surface area (Å²) < 4.78 is 0. The summed E-state index contributed by atoms with van der Waals surface area (Å²) in [6.45, 7) is 2.43. The predicted molar refractivity (Wildman–Crippen MR) is 66.6 cm³/mol. The van der Waals surface area contributed by atoms with Crippen molar-refractivity contribution < 1.29 is 4.70 Å². The standard InChI is InChI=1S/C14H13N.FH/c1-2-4-12(5-3-1)13-6-8-14(9-7-13)15-10-11-15;/h1-9H,10-11H2;1H. The van der Waals surface area contributed by atoms with Crippen molar-refractivity contribution in [1.82, 2.24) is 0 Å². The number of benzene rings is 2. The highest BCUT2D eigenvalue weighted by atomic mass is 19.0. The molecule has 1 aliphatic heterocycles. The maximum Gasteiger partial charge on any atom is 0.0367 e. The van der Waals surface area contributed by atoms with E-state index in [4.69, 9.17) is 0 Å². The summed E-state index contributed by atoms with van der Waals surface area (Å²) in [5.74, 6) is 0. The molecule has 2 aromatic carbocycles. The molecule has 0 amide bonds. The van der Waals surface area contributed by atoms with Crippen LogP contribution in [0.5, 0.6) is 0 Å². The van der Waals surface area contributed by atoms with Crippen molar-refractivity contribution in [2.75, 3.05) is 18.0 Å². The number of rotatable bonds is 2. The summed E-state index contributed by atoms with van der Waals surface area (Å²) in [4.78, 5) is 2.36. The van der Waals surface area contributed by atoms with Crippen LogP contribution in [0.1, 0.15) is 0 Å². The molecular weight excluding hydrogens is 201 g/mol. The van der Waals surface area contributed by atoms with E-state index in [1.807, 2.05) is 6.07 Å². The molecule has 0 saturated carbocycles. The summed E-state index contributed by atoms with van der Waals surface area (Å²) in [5.41, 5.74) is 3.92. The quantitative estimate of drug-likeness (QED) is 0.694. The van der Waals surface area contributed by atoms with Gasteiger partial charge in [0.1, 0.15) is 0 Å². The molecule has 0 aliphatic carbocycles. The third kappa shape index (κ3) is 2.06. The Hall–Kier alpha value is -1.83. The number of hydrogen-bond donors (Lipinski definition) is 0. The minimum atomic E-state index is 0. The molecule has 0 spiro atoms. The predicted octanol–water partition coefficient (Wildman–Crippen LogP) is 3.33. The normalized spacial score (nSPS) is 13.1. The fraction of sp³-hybridized carbons (Fsp3) is 0.143. The molecule has 82 valence electrons. The molecular formula is C14H14FN. The minimum Gasteiger partial charge on any atom is -0.368 e. The zero-order valence-corrected chi connectivity index (χ0v) is 8.97. The van der Waals surface area contributed by atoms with Crippen LogP contribution in [0.4, 0.5) is 10.4 Å². The van der Waals surface area contributed by atoms with Gasteiger partial charge < -0.3 is 4.90 Å². The maximum atomic E-state index is 2.36. The van der Waals surface area contributed by atoms with Crippen molar-refractivity contribution in [1.29, 1.82) is 0 Å². The van der Waals surface area contributed by atoms with E-state index in [1.54, 1.807) is 0 Å². The van der Waals surface area contributed by atoms with Gasteiger partial charge in [-0.3, -0.25) is 4.70 Å². The Labute approximate surface area is 94.7 Å². The number of anilines is 1. The van der Waals surface area contributed by atoms with Gasteiger partial charge in [0.25, 0.3) is 0 Å². The topological polar surface area (TPSA) is 3.01 Å². The summed E-state index contributed by atoms with van der Waals surface area (Å²) in [7, 11) is 0. The van der Waals surface area contributed by atoms with Crippen LogP contribution < -0.4 is 4.90 Å². The van der Waals surface area contributed by atoms with E-state index in [2.05, 4.69) is 53.4 Å². The van der Waals surface area contributed by atoms with Gasteiger partial charge in [0.15, 0.2) is 0 Å². The van der Waals surface area contributed by atoms with Crippen LogP contribution in [0.2, 0.25) is 0 Å². The van der Waals surface area contributed by atoms with Crippen LogP contribution in [-0.4, -0.2) is 13.1 Å². The molecule has 0 aromatic heterocycles. The lowest BCUT2D eigenvalue weighted by molar-refractivity contribution is 1.11. The van der Waals surface area contributed by atoms with Gasteiger partial charge in [-0.15, -0.1) is 0 Å². The molecule has 1 nitrogen and oxygen atoms in total. The summed E-state index contributed by atoms with van der Waals surface area (Å²) in [5, 5.41) is 0. The van der Waals surface area contributed by atoms with Gasteiger partial charge in [0.05, 0.1) is 0 Å². The van der Waals surface area contributed by atoms with Crippen molar-refractivity contribution in [3.8, 4) is 11.1 Å². The van der Waals surface area contributed by atoms with Crippen LogP contribution >= 0.6 is 0 Å². The van der Waals surface area contributed by atoms with Crippen LogP contribution in [0.15, 0.2) is 54.6 Å². The lowest BCUT2D eigenvalue weighted by atomic mass is 10.1. The second-order valence-electron chi connectivity index (χ2n) is 3.90. The largest absolute Gasteiger partial charge is 0.368 e. The molecule has 0 N–H and O–H groups in total. The van der Waals surface area contributed by atoms with Crippen LogP contribution in [0, 0.1) is 0 Å². The Balaban J connectivity index is 0.000000963. The highest BCUT2D eigenvalue weighted by Crippen LogP contribution is 2.25. The van der Waals surface area contributed by atoms with Gasteiger partial charge >= 0.3 is 0 Å². The molecule has 0 radical (unpaired) electrons. The molecule has 1 heterocycles. The summed E-state index contributed by atoms with van der Waals surface area (Å²) >= 11 is 0. The van der Waals surface area contributed by atoms with Crippen molar-refractivity contribution in [2.24, 2.45) is 0 Å². The Bertz CT molecular complexity index is 446. The average Bonchev–Trinajstić information content (AvgIpc) is 3.15. The Morgan fingerprint density at radius 2 is 1.25 bits per heavy atom. The second-order valence-corrected chi connectivity index (χ2v) is 3.90. The van der Waals surface area contributed by atoms with Crippen LogP contribution in [-0.2, 0) is 0 Å². The summed E-state index contributed by atoms with van der Waals surface area (Å²) in [6, 6.07) is 19.3. The van der Waals surface area contributed by atoms with E-state index >= 15 is 0 Å². The molecule has 0 bridgehead atoms. The molecule has 16 heavy (non-hydrogen) atoms. The second kappa shape index (κ2) is 4.35. The molecule has 0 unspecified atom stereocenters. The Kier molecular flexibility index (Phi) is 2.91. The molecule has 1 aliphatic rings. The number of hydrogen-bond acceptors (Lipinski definition) is 1. The van der Waals surface area contributed by atoms with Gasteiger partial charge in [-0.1, -0.05) is 42.5 Å². The van der Waals surface area contributed by atoms with Gasteiger partial charge in [0.2, 0.25) is 0 Å². The lowest BCUT2D eigenvalue weighted by Gasteiger charge is -2.04. The van der Waals surface area contributed by atoms with Crippen molar-refractivity contribution in [2.45, 2.75) is 0 Å². The van der Waals surface area contributed by atoms with Gasteiger partial charge in [0, 0.05) is 18.8 Å². The van der Waals surface area contributed by atoms with Gasteiger partial charge in [-0.25, -0.2) is 0 Å². The third-order valence-corrected chi connectivity index (χ3v) is 2.79. The van der Waals surface area contributed by atoms with E-state index in [0.29, 0.717) is 0 Å². The maximum absolute atomic E-state index is 2.36. The van der Waals surface area contributed by atoms with E-state index in [9.17, 15) is 0 Å². The van der Waals surface area contributed by atoms with E-state index in [1.165, 1.54) is 29.9 Å². The molecule has 2 aromatic rings. The van der Waals surface area contributed by atoms with E-state index < -0.39 is 0 Å². The first-order valence-electron chi connectivity index (χ1n) is 5.34. The number of nitrogens with zero attached hydrogens (tertiary/aromatic N) is 1. The number of halogens is 1. The minimum absolute atomic E-state index is 0. The Morgan fingerprint density at radius 3 is 1.81 bits per heavy atom. The molecule has 2 heteroatoms. The Morgan fingerprint density at radius 1 is 0.688 bits per heavy atom. The fourth-order valence-electron chi connectivity index (χ4n) is 1.80. The van der Waals surface area contributed by atoms with Crippen LogP contribution in [0.25, 0.3) is 11.1 Å². The molecule has 1 saturated heterocycles. The first kappa shape index (κ1) is 10.7. The SMILES string of the molecule is F.c1ccc(-c2ccc(N3CC3)cc2)cc1. The van der Waals surface area contributed by atoms with Gasteiger partial charge in [-0.2, -0.15) is 0 Å². The van der Waals surface area contributed by atoms with Gasteiger partial charge in [-0.05, 0) is 23.3 Å². The monoisotopic (exact) mass is 215 g/mol.